The second kappa shape index (κ2) is 7.43. The zero-order valence-corrected chi connectivity index (χ0v) is 14.2. The maximum atomic E-state index is 5.59. The fourth-order valence-corrected chi connectivity index (χ4v) is 3.38. The molecule has 2 rings (SSSR count). The fraction of sp³-hybridized carbons (Fsp3) is 0.625. The first-order chi connectivity index (χ1) is 9.67. The highest BCUT2D eigenvalue weighted by Crippen LogP contribution is 2.32. The molecule has 0 bridgehead atoms. The van der Waals surface area contributed by atoms with Crippen molar-refractivity contribution in [1.29, 1.82) is 0 Å². The van der Waals surface area contributed by atoms with E-state index in [1.165, 1.54) is 15.7 Å². The maximum absolute atomic E-state index is 5.59. The Morgan fingerprint density at radius 1 is 1.45 bits per heavy atom. The van der Waals surface area contributed by atoms with Crippen molar-refractivity contribution in [1.82, 2.24) is 5.32 Å². The molecular formula is C16H25BrN2O. The Morgan fingerprint density at radius 3 is 2.90 bits per heavy atom. The number of hydrogen-bond acceptors (Lipinski definition) is 3. The Morgan fingerprint density at radius 2 is 2.25 bits per heavy atom. The Kier molecular flexibility index (Phi) is 5.87. The number of ether oxygens (including phenoxy) is 1. The van der Waals surface area contributed by atoms with Crippen molar-refractivity contribution in [2.45, 2.75) is 39.3 Å². The number of anilines is 1. The van der Waals surface area contributed by atoms with Gasteiger partial charge in [-0.25, -0.2) is 0 Å². The molecule has 0 saturated carbocycles. The summed E-state index contributed by atoms with van der Waals surface area (Å²) in [6, 6.07) is 7.58. The minimum absolute atomic E-state index is 0.386. The van der Waals surface area contributed by atoms with Crippen LogP contribution in [0.4, 0.5) is 5.69 Å². The number of hydrogen-bond donors (Lipinski definition) is 1. The molecule has 2 atom stereocenters. The fourth-order valence-electron chi connectivity index (χ4n) is 2.76. The van der Waals surface area contributed by atoms with Crippen LogP contribution in [0, 0.1) is 0 Å². The van der Waals surface area contributed by atoms with Gasteiger partial charge < -0.3 is 15.0 Å². The largest absolute Gasteiger partial charge is 0.377 e. The standard InChI is InChI=1S/C16H25BrN2O/c1-4-14-11-20-9-8-19(14)16-7-6-13(10-15(16)17)12(3)18-5-2/h6-7,10,12,14,18H,4-5,8-9,11H2,1-3H3. The van der Waals surface area contributed by atoms with E-state index in [0.717, 1.165) is 32.7 Å². The molecule has 0 aromatic heterocycles. The zero-order valence-electron chi connectivity index (χ0n) is 12.7. The van der Waals surface area contributed by atoms with Crippen molar-refractivity contribution in [3.63, 3.8) is 0 Å². The van der Waals surface area contributed by atoms with Crippen molar-refractivity contribution in [2.24, 2.45) is 0 Å². The number of benzene rings is 1. The second-order valence-electron chi connectivity index (χ2n) is 5.32. The lowest BCUT2D eigenvalue weighted by atomic mass is 10.1. The van der Waals surface area contributed by atoms with Gasteiger partial charge >= 0.3 is 0 Å². The van der Waals surface area contributed by atoms with Gasteiger partial charge in [0.1, 0.15) is 0 Å². The molecule has 1 aromatic rings. The van der Waals surface area contributed by atoms with Crippen molar-refractivity contribution in [3.8, 4) is 0 Å². The minimum Gasteiger partial charge on any atom is -0.377 e. The van der Waals surface area contributed by atoms with Gasteiger partial charge in [-0.1, -0.05) is 19.9 Å². The predicted molar refractivity (Wildman–Crippen MR) is 88.5 cm³/mol. The summed E-state index contributed by atoms with van der Waals surface area (Å²) < 4.78 is 6.77. The van der Waals surface area contributed by atoms with Crippen LogP contribution in [0.15, 0.2) is 22.7 Å². The first-order valence-electron chi connectivity index (χ1n) is 7.54. The van der Waals surface area contributed by atoms with E-state index in [9.17, 15) is 0 Å². The Balaban J connectivity index is 2.20. The van der Waals surface area contributed by atoms with Crippen LogP contribution in [-0.2, 0) is 4.74 Å². The average molecular weight is 341 g/mol. The van der Waals surface area contributed by atoms with Gasteiger partial charge in [0, 0.05) is 17.1 Å². The topological polar surface area (TPSA) is 24.5 Å². The van der Waals surface area contributed by atoms with Gasteiger partial charge in [-0.3, -0.25) is 0 Å². The smallest absolute Gasteiger partial charge is 0.0670 e. The molecule has 0 spiro atoms. The van der Waals surface area contributed by atoms with Crippen LogP contribution in [0.2, 0.25) is 0 Å². The number of morpholine rings is 1. The van der Waals surface area contributed by atoms with Crippen molar-refractivity contribution in [2.75, 3.05) is 31.2 Å². The summed E-state index contributed by atoms with van der Waals surface area (Å²) in [6.07, 6.45) is 1.11. The van der Waals surface area contributed by atoms with Gasteiger partial charge in [0.25, 0.3) is 0 Å². The highest BCUT2D eigenvalue weighted by molar-refractivity contribution is 9.10. The predicted octanol–water partition coefficient (Wildman–Crippen LogP) is 3.73. The van der Waals surface area contributed by atoms with E-state index >= 15 is 0 Å². The SMILES string of the molecule is CCNC(C)c1ccc(N2CCOCC2CC)c(Br)c1. The summed E-state index contributed by atoms with van der Waals surface area (Å²) in [5.41, 5.74) is 2.61. The van der Waals surface area contributed by atoms with Crippen molar-refractivity contribution >= 4 is 21.6 Å². The third-order valence-corrected chi connectivity index (χ3v) is 4.63. The number of rotatable bonds is 5. The summed E-state index contributed by atoms with van der Waals surface area (Å²) in [5, 5.41) is 3.45. The van der Waals surface area contributed by atoms with E-state index in [-0.39, 0.29) is 0 Å². The van der Waals surface area contributed by atoms with Crippen LogP contribution < -0.4 is 10.2 Å². The molecule has 0 aliphatic carbocycles. The Bertz CT molecular complexity index is 438. The minimum atomic E-state index is 0.386. The van der Waals surface area contributed by atoms with Gasteiger partial charge in [-0.05, 0) is 53.5 Å². The molecule has 1 aromatic carbocycles. The summed E-state index contributed by atoms with van der Waals surface area (Å²) in [5.74, 6) is 0. The highest BCUT2D eigenvalue weighted by atomic mass is 79.9. The third-order valence-electron chi connectivity index (χ3n) is 3.99. The summed E-state index contributed by atoms with van der Waals surface area (Å²) in [7, 11) is 0. The van der Waals surface area contributed by atoms with Crippen LogP contribution in [0.3, 0.4) is 0 Å². The molecule has 1 N–H and O–H groups in total. The molecule has 2 unspecified atom stereocenters. The number of halogens is 1. The summed E-state index contributed by atoms with van der Waals surface area (Å²) >= 11 is 3.75. The summed E-state index contributed by atoms with van der Waals surface area (Å²) in [6.45, 7) is 10.2. The maximum Gasteiger partial charge on any atom is 0.0670 e. The Hall–Kier alpha value is -0.580. The molecule has 1 heterocycles. The molecule has 4 heteroatoms. The Labute approximate surface area is 130 Å². The normalized spacial score (nSPS) is 21.0. The van der Waals surface area contributed by atoms with Gasteiger partial charge in [-0.15, -0.1) is 0 Å². The molecule has 1 aliphatic heterocycles. The van der Waals surface area contributed by atoms with E-state index < -0.39 is 0 Å². The first kappa shape index (κ1) is 15.8. The van der Waals surface area contributed by atoms with Gasteiger partial charge in [-0.2, -0.15) is 0 Å². The molecule has 1 fully saturated rings. The number of nitrogens with one attached hydrogen (secondary N) is 1. The van der Waals surface area contributed by atoms with E-state index in [2.05, 4.69) is 65.1 Å². The first-order valence-corrected chi connectivity index (χ1v) is 8.33. The van der Waals surface area contributed by atoms with Crippen LogP contribution in [0.1, 0.15) is 38.8 Å². The lowest BCUT2D eigenvalue weighted by molar-refractivity contribution is 0.0929. The molecule has 1 aliphatic rings. The molecule has 0 amide bonds. The molecule has 3 nitrogen and oxygen atoms in total. The van der Waals surface area contributed by atoms with Crippen LogP contribution in [0.5, 0.6) is 0 Å². The van der Waals surface area contributed by atoms with Crippen molar-refractivity contribution in [3.05, 3.63) is 28.2 Å². The molecule has 0 radical (unpaired) electrons. The van der Waals surface area contributed by atoms with Crippen molar-refractivity contribution < 1.29 is 4.74 Å². The van der Waals surface area contributed by atoms with E-state index in [1.807, 2.05) is 0 Å². The third kappa shape index (κ3) is 3.54. The molecular weight excluding hydrogens is 316 g/mol. The van der Waals surface area contributed by atoms with Crippen LogP contribution >= 0.6 is 15.9 Å². The van der Waals surface area contributed by atoms with E-state index in [1.54, 1.807) is 0 Å². The van der Waals surface area contributed by atoms with E-state index in [4.69, 9.17) is 4.74 Å². The molecule has 112 valence electrons. The lowest BCUT2D eigenvalue weighted by Gasteiger charge is -2.37. The highest BCUT2D eigenvalue weighted by Gasteiger charge is 2.23. The van der Waals surface area contributed by atoms with Gasteiger partial charge in [0.15, 0.2) is 0 Å². The quantitative estimate of drug-likeness (QED) is 0.883. The van der Waals surface area contributed by atoms with Gasteiger partial charge in [0.05, 0.1) is 24.9 Å². The second-order valence-corrected chi connectivity index (χ2v) is 6.17. The van der Waals surface area contributed by atoms with Crippen LogP contribution in [0.25, 0.3) is 0 Å². The zero-order chi connectivity index (χ0) is 14.5. The summed E-state index contributed by atoms with van der Waals surface area (Å²) in [4.78, 5) is 2.47. The lowest BCUT2D eigenvalue weighted by Crippen LogP contribution is -2.45. The van der Waals surface area contributed by atoms with Crippen LogP contribution in [-0.4, -0.2) is 32.3 Å². The average Bonchev–Trinajstić information content (AvgIpc) is 2.47. The van der Waals surface area contributed by atoms with E-state index in [0.29, 0.717) is 12.1 Å². The number of nitrogens with zero attached hydrogens (tertiary/aromatic N) is 1. The van der Waals surface area contributed by atoms with Gasteiger partial charge in [0.2, 0.25) is 0 Å². The molecule has 20 heavy (non-hydrogen) atoms. The molecule has 1 saturated heterocycles. The monoisotopic (exact) mass is 340 g/mol.